The summed E-state index contributed by atoms with van der Waals surface area (Å²) in [6, 6.07) is 43.3. The highest BCUT2D eigenvalue weighted by Gasteiger charge is 2.67. The van der Waals surface area contributed by atoms with Crippen molar-refractivity contribution < 1.29 is 28.4 Å². The van der Waals surface area contributed by atoms with Gasteiger partial charge in [-0.15, -0.1) is 0 Å². The largest absolute Gasteiger partial charge is 0.377 e. The molecule has 2 spiro atoms. The lowest BCUT2D eigenvalue weighted by Gasteiger charge is -2.61. The van der Waals surface area contributed by atoms with E-state index in [1.807, 2.05) is 24.3 Å². The van der Waals surface area contributed by atoms with Crippen molar-refractivity contribution in [1.82, 2.24) is 9.97 Å². The molecule has 0 unspecified atom stereocenters. The van der Waals surface area contributed by atoms with Gasteiger partial charge in [-0.05, 0) is 56.6 Å². The van der Waals surface area contributed by atoms with Crippen molar-refractivity contribution in [1.29, 1.82) is 0 Å². The molecule has 8 heteroatoms. The first-order chi connectivity index (χ1) is 27.8. The molecule has 56 heavy (non-hydrogen) atoms. The molecule has 8 nitrogen and oxygen atoms in total. The molecule has 0 fully saturated rings. The summed E-state index contributed by atoms with van der Waals surface area (Å²) in [5.41, 5.74) is 11.0. The highest BCUT2D eigenvalue weighted by Crippen LogP contribution is 2.69. The van der Waals surface area contributed by atoms with Crippen LogP contribution in [-0.4, -0.2) is 62.8 Å². The summed E-state index contributed by atoms with van der Waals surface area (Å²) in [6.07, 6.45) is 3.57. The molecule has 0 saturated heterocycles. The highest BCUT2D eigenvalue weighted by molar-refractivity contribution is 5.71. The van der Waals surface area contributed by atoms with Crippen molar-refractivity contribution in [2.24, 2.45) is 0 Å². The predicted molar refractivity (Wildman–Crippen MR) is 211 cm³/mol. The Kier molecular flexibility index (Phi) is 9.55. The van der Waals surface area contributed by atoms with Gasteiger partial charge in [-0.1, -0.05) is 109 Å². The molecule has 3 heterocycles. The van der Waals surface area contributed by atoms with Crippen LogP contribution in [-0.2, 0) is 52.8 Å². The Balaban J connectivity index is 1.06. The third-order valence-corrected chi connectivity index (χ3v) is 11.9. The van der Waals surface area contributed by atoms with E-state index < -0.39 is 11.2 Å². The first kappa shape index (κ1) is 35.4. The van der Waals surface area contributed by atoms with E-state index in [0.29, 0.717) is 66.1 Å². The second-order valence-corrected chi connectivity index (χ2v) is 14.7. The molecule has 6 aliphatic carbocycles. The fourth-order valence-electron chi connectivity index (χ4n) is 9.82. The van der Waals surface area contributed by atoms with Crippen molar-refractivity contribution in [3.05, 3.63) is 189 Å². The summed E-state index contributed by atoms with van der Waals surface area (Å²) in [5, 5.41) is 0. The van der Waals surface area contributed by atoms with Crippen molar-refractivity contribution in [2.45, 2.75) is 36.3 Å². The number of aromatic nitrogens is 2. The van der Waals surface area contributed by atoms with E-state index in [-0.39, 0.29) is 11.8 Å². The third-order valence-electron chi connectivity index (χ3n) is 11.9. The summed E-state index contributed by atoms with van der Waals surface area (Å²) < 4.78 is 40.0. The van der Waals surface area contributed by atoms with Crippen LogP contribution in [0.4, 0.5) is 0 Å². The SMILES string of the molecule is c1cnc2c(c1)COCCOCCOC13c4ccccc4C(c4ccccc41)C1c4ccccc4C3(OCCOCCOCc3cccnc3-2)c2ccccc21. The van der Waals surface area contributed by atoms with Crippen molar-refractivity contribution in [3.63, 3.8) is 0 Å². The topological polar surface area (TPSA) is 81.2 Å². The van der Waals surface area contributed by atoms with E-state index in [4.69, 9.17) is 28.4 Å². The molecule has 4 bridgehead atoms. The predicted octanol–water partition coefficient (Wildman–Crippen LogP) is 8.05. The molecule has 0 atom stereocenters. The lowest BCUT2D eigenvalue weighted by Crippen LogP contribution is -2.61. The second-order valence-electron chi connectivity index (χ2n) is 14.7. The first-order valence-electron chi connectivity index (χ1n) is 19.7. The van der Waals surface area contributed by atoms with Gasteiger partial charge in [0.2, 0.25) is 0 Å². The Morgan fingerprint density at radius 1 is 0.375 bits per heavy atom. The number of benzene rings is 4. The molecule has 0 N–H and O–H groups in total. The minimum absolute atomic E-state index is 0.0892. The Hall–Kier alpha value is -5.06. The zero-order valence-corrected chi connectivity index (χ0v) is 31.3. The number of hydrogen-bond acceptors (Lipinski definition) is 8. The summed E-state index contributed by atoms with van der Waals surface area (Å²) >= 11 is 0. The monoisotopic (exact) mass is 744 g/mol. The second kappa shape index (κ2) is 15.1. The van der Waals surface area contributed by atoms with Gasteiger partial charge in [0, 0.05) is 35.4 Å². The maximum atomic E-state index is 7.57. The van der Waals surface area contributed by atoms with Gasteiger partial charge in [-0.3, -0.25) is 9.97 Å². The van der Waals surface area contributed by atoms with Crippen LogP contribution in [0.15, 0.2) is 134 Å². The smallest absolute Gasteiger partial charge is 0.156 e. The standard InChI is InChI=1S/C48H44N2O6/c1-5-17-39-35(13-1)43-36-14-2-6-18-40(36)47(39)48(41-19-7-3-15-37(41)44(43)38-16-4-8-20-42(38)48)56-30-28-52-24-26-54-32-34-12-10-22-50-46(34)45-33(11-9-21-49-45)31-53-25-23-51-27-29-55-47/h1-22,43-44H,23-32H2. The van der Waals surface area contributed by atoms with Crippen molar-refractivity contribution in [3.8, 4) is 11.4 Å². The maximum absolute atomic E-state index is 7.57. The van der Waals surface area contributed by atoms with Gasteiger partial charge in [0.15, 0.2) is 11.2 Å². The third kappa shape index (κ3) is 5.58. The normalized spacial score (nSPS) is 24.9. The molecule has 2 aromatic heterocycles. The van der Waals surface area contributed by atoms with E-state index in [2.05, 4.69) is 107 Å². The van der Waals surface area contributed by atoms with Crippen molar-refractivity contribution >= 4 is 0 Å². The molecule has 0 radical (unpaired) electrons. The van der Waals surface area contributed by atoms with Gasteiger partial charge < -0.3 is 28.4 Å². The highest BCUT2D eigenvalue weighted by atomic mass is 16.6. The van der Waals surface area contributed by atoms with Gasteiger partial charge >= 0.3 is 0 Å². The van der Waals surface area contributed by atoms with Crippen LogP contribution in [0.3, 0.4) is 0 Å². The Labute approximate surface area is 327 Å². The molecule has 4 aromatic carbocycles. The van der Waals surface area contributed by atoms with Gasteiger partial charge in [0.1, 0.15) is 0 Å². The van der Waals surface area contributed by atoms with Crippen molar-refractivity contribution in [2.75, 3.05) is 52.9 Å². The average molecular weight is 745 g/mol. The molecule has 0 saturated carbocycles. The molecular formula is C48H44N2O6. The first-order valence-corrected chi connectivity index (χ1v) is 19.7. The zero-order valence-electron chi connectivity index (χ0n) is 31.3. The molecule has 0 amide bonds. The van der Waals surface area contributed by atoms with E-state index in [1.165, 1.54) is 22.3 Å². The average Bonchev–Trinajstić information content (AvgIpc) is 3.24. The lowest BCUT2D eigenvalue weighted by atomic mass is 9.49. The molecule has 282 valence electrons. The molecule has 13 rings (SSSR count). The number of ether oxygens (including phenoxy) is 6. The Bertz CT molecular complexity index is 2100. The summed E-state index contributed by atoms with van der Waals surface area (Å²) in [6.45, 7) is 3.83. The minimum atomic E-state index is -1.06. The summed E-state index contributed by atoms with van der Waals surface area (Å²) in [7, 11) is 0. The number of nitrogens with zero attached hydrogens (tertiary/aromatic N) is 2. The summed E-state index contributed by atoms with van der Waals surface area (Å²) in [4.78, 5) is 9.38. The Morgan fingerprint density at radius 3 is 1.11 bits per heavy atom. The molecule has 1 aliphatic heterocycles. The lowest BCUT2D eigenvalue weighted by molar-refractivity contribution is -0.197. The van der Waals surface area contributed by atoms with Gasteiger partial charge in [0.25, 0.3) is 0 Å². The molecule has 6 aromatic rings. The van der Waals surface area contributed by atoms with Crippen LogP contribution in [0.2, 0.25) is 0 Å². The van der Waals surface area contributed by atoms with E-state index in [9.17, 15) is 0 Å². The quantitative estimate of drug-likeness (QED) is 0.155. The van der Waals surface area contributed by atoms with Crippen LogP contribution >= 0.6 is 0 Å². The van der Waals surface area contributed by atoms with Crippen LogP contribution < -0.4 is 0 Å². The fraction of sp³-hybridized carbons (Fsp3) is 0.292. The number of pyridine rings is 2. The number of hydrogen-bond donors (Lipinski definition) is 0. The van der Waals surface area contributed by atoms with E-state index in [0.717, 1.165) is 44.8 Å². The van der Waals surface area contributed by atoms with E-state index in [1.54, 1.807) is 12.4 Å². The van der Waals surface area contributed by atoms with Crippen LogP contribution in [0, 0.1) is 0 Å². The molecular weight excluding hydrogens is 701 g/mol. The fourth-order valence-corrected chi connectivity index (χ4v) is 9.82. The van der Waals surface area contributed by atoms with Gasteiger partial charge in [0.05, 0.1) is 77.5 Å². The van der Waals surface area contributed by atoms with Crippen LogP contribution in [0.1, 0.15) is 67.5 Å². The van der Waals surface area contributed by atoms with E-state index >= 15 is 0 Å². The minimum Gasteiger partial charge on any atom is -0.377 e. The zero-order chi connectivity index (χ0) is 37.4. The Morgan fingerprint density at radius 2 is 0.714 bits per heavy atom. The number of rotatable bonds is 0. The maximum Gasteiger partial charge on any atom is 0.156 e. The van der Waals surface area contributed by atoms with Crippen LogP contribution in [0.5, 0.6) is 0 Å². The van der Waals surface area contributed by atoms with Gasteiger partial charge in [-0.25, -0.2) is 0 Å². The van der Waals surface area contributed by atoms with Crippen LogP contribution in [0.25, 0.3) is 11.4 Å². The number of fused-ring (bicyclic) bond motifs is 3. The summed E-state index contributed by atoms with van der Waals surface area (Å²) in [5.74, 6) is 0.178. The molecule has 7 aliphatic rings. The van der Waals surface area contributed by atoms with Gasteiger partial charge in [-0.2, -0.15) is 0 Å².